The van der Waals surface area contributed by atoms with Gasteiger partial charge in [-0.15, -0.1) is 0 Å². The van der Waals surface area contributed by atoms with Gasteiger partial charge in [0.05, 0.1) is 17.1 Å². The third-order valence-corrected chi connectivity index (χ3v) is 4.78. The van der Waals surface area contributed by atoms with Crippen LogP contribution in [-0.2, 0) is 11.2 Å². The molecule has 0 aliphatic heterocycles. The fourth-order valence-corrected chi connectivity index (χ4v) is 3.36. The number of para-hydroxylation sites is 3. The lowest BCUT2D eigenvalue weighted by molar-refractivity contribution is -0.121. The third kappa shape index (κ3) is 3.78. The van der Waals surface area contributed by atoms with Crippen molar-refractivity contribution in [2.24, 2.45) is 0 Å². The average Bonchev–Trinajstić information content (AvgIpc) is 3.12. The van der Waals surface area contributed by atoms with Crippen molar-refractivity contribution in [1.29, 1.82) is 0 Å². The van der Waals surface area contributed by atoms with Crippen molar-refractivity contribution in [3.05, 3.63) is 90.5 Å². The molecule has 2 aromatic carbocycles. The minimum atomic E-state index is -0.0749. The summed E-state index contributed by atoms with van der Waals surface area (Å²) in [5.41, 5.74) is 4.03. The highest BCUT2D eigenvalue weighted by molar-refractivity contribution is 5.79. The summed E-state index contributed by atoms with van der Waals surface area (Å²) in [5.74, 6) is 0.889. The van der Waals surface area contributed by atoms with Crippen molar-refractivity contribution >= 4 is 16.9 Å². The van der Waals surface area contributed by atoms with Crippen molar-refractivity contribution in [1.82, 2.24) is 19.9 Å². The van der Waals surface area contributed by atoms with Crippen LogP contribution in [0.1, 0.15) is 30.8 Å². The minimum absolute atomic E-state index is 0.00280. The summed E-state index contributed by atoms with van der Waals surface area (Å²) < 4.78 is 2.13. The number of hydrogen-bond acceptors (Lipinski definition) is 3. The Balaban J connectivity index is 1.53. The van der Waals surface area contributed by atoms with E-state index in [-0.39, 0.29) is 11.9 Å². The summed E-state index contributed by atoms with van der Waals surface area (Å²) in [6, 6.07) is 22.0. The lowest BCUT2D eigenvalue weighted by Crippen LogP contribution is -2.27. The number of carbonyl (C=O) groups excluding carboxylic acids is 1. The van der Waals surface area contributed by atoms with Crippen molar-refractivity contribution in [3.63, 3.8) is 0 Å². The van der Waals surface area contributed by atoms with Crippen LogP contribution in [0.15, 0.2) is 79.1 Å². The van der Waals surface area contributed by atoms with E-state index in [4.69, 9.17) is 4.98 Å². The zero-order valence-electron chi connectivity index (χ0n) is 15.7. The fourth-order valence-electron chi connectivity index (χ4n) is 3.36. The van der Waals surface area contributed by atoms with Crippen LogP contribution in [0.4, 0.5) is 0 Å². The molecule has 1 N–H and O–H groups in total. The van der Waals surface area contributed by atoms with Gasteiger partial charge in [-0.3, -0.25) is 14.3 Å². The van der Waals surface area contributed by atoms with Gasteiger partial charge in [-0.25, -0.2) is 4.98 Å². The molecule has 4 rings (SSSR count). The molecule has 0 aliphatic rings. The van der Waals surface area contributed by atoms with Gasteiger partial charge >= 0.3 is 0 Å². The fraction of sp³-hybridized carbons (Fsp3) is 0.174. The zero-order chi connectivity index (χ0) is 19.3. The Morgan fingerprint density at radius 3 is 2.61 bits per heavy atom. The zero-order valence-corrected chi connectivity index (χ0v) is 15.7. The molecule has 2 aromatic heterocycles. The van der Waals surface area contributed by atoms with Gasteiger partial charge in [-0.05, 0) is 42.8 Å². The molecule has 5 nitrogen and oxygen atoms in total. The van der Waals surface area contributed by atoms with Gasteiger partial charge in [-0.1, -0.05) is 36.4 Å². The number of amides is 1. The normalized spacial score (nSPS) is 12.0. The van der Waals surface area contributed by atoms with Crippen molar-refractivity contribution in [2.45, 2.75) is 25.8 Å². The standard InChI is InChI=1S/C23H22N4O/c1-17(18-8-7-15-24-16-18)25-23(28)14-13-22-26-20-11-5-6-12-21(20)27(22)19-9-3-2-4-10-19/h2-12,15-17H,13-14H2,1H3,(H,25,28). The Labute approximate surface area is 164 Å². The van der Waals surface area contributed by atoms with E-state index in [0.717, 1.165) is 28.1 Å². The Morgan fingerprint density at radius 1 is 1.04 bits per heavy atom. The first-order chi connectivity index (χ1) is 13.7. The van der Waals surface area contributed by atoms with Gasteiger partial charge in [0.2, 0.25) is 5.91 Å². The molecule has 0 saturated heterocycles. The van der Waals surface area contributed by atoms with Gasteiger partial charge in [0, 0.05) is 30.9 Å². The Bertz CT molecular complexity index is 1070. The molecule has 1 unspecified atom stereocenters. The minimum Gasteiger partial charge on any atom is -0.350 e. The molecule has 140 valence electrons. The molecule has 0 saturated carbocycles. The molecule has 5 heteroatoms. The number of aromatic nitrogens is 3. The maximum atomic E-state index is 12.5. The monoisotopic (exact) mass is 370 g/mol. The average molecular weight is 370 g/mol. The quantitative estimate of drug-likeness (QED) is 0.552. The number of fused-ring (bicyclic) bond motifs is 1. The van der Waals surface area contributed by atoms with Gasteiger partial charge in [0.25, 0.3) is 0 Å². The van der Waals surface area contributed by atoms with Crippen LogP contribution < -0.4 is 5.32 Å². The molecule has 0 fully saturated rings. The second-order valence-corrected chi connectivity index (χ2v) is 6.76. The maximum Gasteiger partial charge on any atom is 0.220 e. The number of rotatable bonds is 6. The number of pyridine rings is 1. The van der Waals surface area contributed by atoms with Crippen LogP contribution in [0, 0.1) is 0 Å². The summed E-state index contributed by atoms with van der Waals surface area (Å²) in [7, 11) is 0. The third-order valence-electron chi connectivity index (χ3n) is 4.78. The van der Waals surface area contributed by atoms with Gasteiger partial charge < -0.3 is 5.32 Å². The van der Waals surface area contributed by atoms with Crippen LogP contribution in [0.2, 0.25) is 0 Å². The largest absolute Gasteiger partial charge is 0.350 e. The maximum absolute atomic E-state index is 12.5. The van der Waals surface area contributed by atoms with Crippen LogP contribution in [0.25, 0.3) is 16.7 Å². The molecule has 1 atom stereocenters. The van der Waals surface area contributed by atoms with E-state index in [9.17, 15) is 4.79 Å². The first-order valence-corrected chi connectivity index (χ1v) is 9.43. The van der Waals surface area contributed by atoms with Crippen molar-refractivity contribution in [2.75, 3.05) is 0 Å². The highest BCUT2D eigenvalue weighted by atomic mass is 16.1. The molecule has 4 aromatic rings. The van der Waals surface area contributed by atoms with E-state index in [1.54, 1.807) is 12.4 Å². The molecule has 2 heterocycles. The number of nitrogens with zero attached hydrogens (tertiary/aromatic N) is 3. The predicted molar refractivity (Wildman–Crippen MR) is 110 cm³/mol. The van der Waals surface area contributed by atoms with E-state index in [0.29, 0.717) is 12.8 Å². The van der Waals surface area contributed by atoms with E-state index < -0.39 is 0 Å². The number of hydrogen-bond donors (Lipinski definition) is 1. The summed E-state index contributed by atoms with van der Waals surface area (Å²) >= 11 is 0. The smallest absolute Gasteiger partial charge is 0.220 e. The highest BCUT2D eigenvalue weighted by Crippen LogP contribution is 2.22. The Morgan fingerprint density at radius 2 is 1.82 bits per heavy atom. The second-order valence-electron chi connectivity index (χ2n) is 6.76. The Kier molecular flexibility index (Phi) is 5.15. The van der Waals surface area contributed by atoms with Crippen molar-refractivity contribution < 1.29 is 4.79 Å². The highest BCUT2D eigenvalue weighted by Gasteiger charge is 2.15. The van der Waals surface area contributed by atoms with Gasteiger partial charge in [0.1, 0.15) is 5.82 Å². The molecule has 0 aliphatic carbocycles. The van der Waals surface area contributed by atoms with Crippen LogP contribution in [0.3, 0.4) is 0 Å². The molecule has 0 bridgehead atoms. The van der Waals surface area contributed by atoms with Crippen LogP contribution in [0.5, 0.6) is 0 Å². The number of nitrogens with one attached hydrogen (secondary N) is 1. The topological polar surface area (TPSA) is 59.8 Å². The number of benzene rings is 2. The van der Waals surface area contributed by atoms with E-state index >= 15 is 0 Å². The molecule has 1 amide bonds. The van der Waals surface area contributed by atoms with Gasteiger partial charge in [-0.2, -0.15) is 0 Å². The molecule has 0 radical (unpaired) electrons. The molecule has 28 heavy (non-hydrogen) atoms. The number of carbonyl (C=O) groups is 1. The van der Waals surface area contributed by atoms with E-state index in [1.807, 2.05) is 55.5 Å². The van der Waals surface area contributed by atoms with Crippen molar-refractivity contribution in [3.8, 4) is 5.69 Å². The molecular formula is C23H22N4O. The molecular weight excluding hydrogens is 348 g/mol. The number of aryl methyl sites for hydroxylation is 1. The van der Waals surface area contributed by atoms with Crippen LogP contribution in [-0.4, -0.2) is 20.4 Å². The first kappa shape index (κ1) is 17.9. The summed E-state index contributed by atoms with van der Waals surface area (Å²) in [5, 5.41) is 3.04. The van der Waals surface area contributed by atoms with Crippen LogP contribution >= 0.6 is 0 Å². The van der Waals surface area contributed by atoms with E-state index in [2.05, 4.69) is 33.1 Å². The lowest BCUT2D eigenvalue weighted by atomic mass is 10.1. The summed E-state index contributed by atoms with van der Waals surface area (Å²) in [6.07, 6.45) is 4.45. The second kappa shape index (κ2) is 8.05. The predicted octanol–water partition coefficient (Wildman–Crippen LogP) is 4.23. The van der Waals surface area contributed by atoms with Gasteiger partial charge in [0.15, 0.2) is 0 Å². The van der Waals surface area contributed by atoms with E-state index in [1.165, 1.54) is 0 Å². The SMILES string of the molecule is CC(NC(=O)CCc1nc2ccccc2n1-c1ccccc1)c1cccnc1. The summed E-state index contributed by atoms with van der Waals surface area (Å²) in [6.45, 7) is 1.97. The number of imidazole rings is 1. The molecule has 0 spiro atoms. The Hall–Kier alpha value is -3.47. The summed E-state index contributed by atoms with van der Waals surface area (Å²) in [4.78, 5) is 21.4. The first-order valence-electron chi connectivity index (χ1n) is 9.43. The lowest BCUT2D eigenvalue weighted by Gasteiger charge is -2.14.